The van der Waals surface area contributed by atoms with E-state index in [0.29, 0.717) is 5.92 Å². The van der Waals surface area contributed by atoms with Gasteiger partial charge in [0.15, 0.2) is 0 Å². The predicted molar refractivity (Wildman–Crippen MR) is 91.6 cm³/mol. The molecule has 1 aliphatic rings. The third kappa shape index (κ3) is 6.15. The number of ether oxygens (including phenoxy) is 1. The number of benzene rings is 1. The van der Waals surface area contributed by atoms with Crippen LogP contribution in [0.2, 0.25) is 0 Å². The van der Waals surface area contributed by atoms with Crippen molar-refractivity contribution < 1.29 is 17.9 Å². The molecule has 1 heterocycles. The van der Waals surface area contributed by atoms with Crippen LogP contribution in [0.15, 0.2) is 24.3 Å². The van der Waals surface area contributed by atoms with E-state index < -0.39 is 6.36 Å². The van der Waals surface area contributed by atoms with Crippen LogP contribution in [0.3, 0.4) is 0 Å². The summed E-state index contributed by atoms with van der Waals surface area (Å²) in [6.07, 6.45) is -2.56. The lowest BCUT2D eigenvalue weighted by molar-refractivity contribution is -0.274. The van der Waals surface area contributed by atoms with E-state index in [9.17, 15) is 13.2 Å². The molecular weight excluding hydrogens is 341 g/mol. The number of hydrogen-bond donors (Lipinski definition) is 1. The first-order chi connectivity index (χ1) is 10.9. The highest BCUT2D eigenvalue weighted by molar-refractivity contribution is 5.85. The van der Waals surface area contributed by atoms with E-state index in [4.69, 9.17) is 0 Å². The van der Waals surface area contributed by atoms with E-state index in [-0.39, 0.29) is 24.2 Å². The normalized spacial score (nSPS) is 18.5. The largest absolute Gasteiger partial charge is 0.573 e. The van der Waals surface area contributed by atoms with Gasteiger partial charge < -0.3 is 10.1 Å². The highest BCUT2D eigenvalue weighted by Gasteiger charge is 2.32. The number of hydrogen-bond acceptors (Lipinski definition) is 3. The van der Waals surface area contributed by atoms with Crippen molar-refractivity contribution in [2.24, 2.45) is 5.92 Å². The second kappa shape index (κ2) is 9.49. The molecule has 0 amide bonds. The Morgan fingerprint density at radius 2 is 1.92 bits per heavy atom. The minimum absolute atomic E-state index is 0. The number of nitrogens with zero attached hydrogens (tertiary/aromatic N) is 1. The molecule has 0 radical (unpaired) electrons. The Labute approximate surface area is 148 Å². The number of halogens is 4. The first-order valence-corrected chi connectivity index (χ1v) is 8.21. The van der Waals surface area contributed by atoms with Gasteiger partial charge in [-0.15, -0.1) is 25.6 Å². The van der Waals surface area contributed by atoms with Crippen molar-refractivity contribution in [1.82, 2.24) is 10.2 Å². The SMILES string of the molecule is CCCC(C)[C@H](c1cccc(OC(F)(F)F)c1)N1CCNCC1.Cl. The lowest BCUT2D eigenvalue weighted by atomic mass is 9.89. The first kappa shape index (κ1) is 21.1. The van der Waals surface area contributed by atoms with Crippen LogP contribution < -0.4 is 10.1 Å². The summed E-state index contributed by atoms with van der Waals surface area (Å²) < 4.78 is 41.5. The molecule has 138 valence electrons. The van der Waals surface area contributed by atoms with Gasteiger partial charge in [0, 0.05) is 32.2 Å². The van der Waals surface area contributed by atoms with Crippen LogP contribution >= 0.6 is 12.4 Å². The third-order valence-corrected chi connectivity index (χ3v) is 4.26. The van der Waals surface area contributed by atoms with E-state index >= 15 is 0 Å². The lowest BCUT2D eigenvalue weighted by Crippen LogP contribution is -2.46. The number of nitrogens with one attached hydrogen (secondary N) is 1. The van der Waals surface area contributed by atoms with Gasteiger partial charge in [0.25, 0.3) is 0 Å². The van der Waals surface area contributed by atoms with Gasteiger partial charge in [-0.25, -0.2) is 0 Å². The van der Waals surface area contributed by atoms with Crippen LogP contribution in [0.1, 0.15) is 38.3 Å². The fourth-order valence-electron chi connectivity index (χ4n) is 3.37. The minimum atomic E-state index is -4.65. The molecule has 0 spiro atoms. The van der Waals surface area contributed by atoms with E-state index in [1.54, 1.807) is 6.07 Å². The maximum absolute atomic E-state index is 12.5. The van der Waals surface area contributed by atoms with E-state index in [1.807, 2.05) is 6.07 Å². The molecule has 3 nitrogen and oxygen atoms in total. The van der Waals surface area contributed by atoms with E-state index in [0.717, 1.165) is 44.6 Å². The summed E-state index contributed by atoms with van der Waals surface area (Å²) in [4.78, 5) is 2.36. The molecule has 1 saturated heterocycles. The van der Waals surface area contributed by atoms with Crippen molar-refractivity contribution in [3.63, 3.8) is 0 Å². The van der Waals surface area contributed by atoms with E-state index in [1.165, 1.54) is 12.1 Å². The van der Waals surface area contributed by atoms with Gasteiger partial charge in [-0.3, -0.25) is 4.90 Å². The Kier molecular flexibility index (Phi) is 8.33. The first-order valence-electron chi connectivity index (χ1n) is 8.21. The van der Waals surface area contributed by atoms with Gasteiger partial charge in [0.1, 0.15) is 5.75 Å². The van der Waals surface area contributed by atoms with Crippen molar-refractivity contribution in [3.05, 3.63) is 29.8 Å². The van der Waals surface area contributed by atoms with Gasteiger partial charge >= 0.3 is 6.36 Å². The fraction of sp³-hybridized carbons (Fsp3) is 0.647. The number of alkyl halides is 3. The Morgan fingerprint density at radius 3 is 2.50 bits per heavy atom. The Morgan fingerprint density at radius 1 is 1.25 bits per heavy atom. The summed E-state index contributed by atoms with van der Waals surface area (Å²) in [5.74, 6) is 0.234. The van der Waals surface area contributed by atoms with Crippen molar-refractivity contribution in [2.75, 3.05) is 26.2 Å². The Bertz CT molecular complexity index is 493. The zero-order valence-corrected chi connectivity index (χ0v) is 14.9. The van der Waals surface area contributed by atoms with Crippen LogP contribution in [0.5, 0.6) is 5.75 Å². The average Bonchev–Trinajstić information content (AvgIpc) is 2.47. The van der Waals surface area contributed by atoms with Crippen molar-refractivity contribution in [2.45, 2.75) is 39.1 Å². The van der Waals surface area contributed by atoms with Gasteiger partial charge in [-0.2, -0.15) is 0 Å². The van der Waals surface area contributed by atoms with Crippen molar-refractivity contribution >= 4 is 12.4 Å². The second-order valence-corrected chi connectivity index (χ2v) is 6.12. The van der Waals surface area contributed by atoms with Gasteiger partial charge in [0.05, 0.1) is 0 Å². The smallest absolute Gasteiger partial charge is 0.406 e. The predicted octanol–water partition coefficient (Wildman–Crippen LogP) is 4.39. The molecule has 1 aromatic rings. The minimum Gasteiger partial charge on any atom is -0.406 e. The zero-order valence-electron chi connectivity index (χ0n) is 14.1. The summed E-state index contributed by atoms with van der Waals surface area (Å²) in [7, 11) is 0. The highest BCUT2D eigenvalue weighted by atomic mass is 35.5. The molecule has 0 aromatic heterocycles. The second-order valence-electron chi connectivity index (χ2n) is 6.12. The molecule has 24 heavy (non-hydrogen) atoms. The summed E-state index contributed by atoms with van der Waals surface area (Å²) in [6, 6.07) is 6.56. The Hall–Kier alpha value is -0.980. The molecule has 7 heteroatoms. The molecule has 1 N–H and O–H groups in total. The molecule has 2 rings (SSSR count). The highest BCUT2D eigenvalue weighted by Crippen LogP contribution is 2.34. The summed E-state index contributed by atoms with van der Waals surface area (Å²) >= 11 is 0. The standard InChI is InChI=1S/C17H25F3N2O.ClH/c1-3-5-13(2)16(22-10-8-21-9-11-22)14-6-4-7-15(12-14)23-17(18,19)20;/h4,6-7,12-13,16,21H,3,5,8-11H2,1-2H3;1H/t13?,16-;/m1./s1. The maximum Gasteiger partial charge on any atom is 0.573 e. The maximum atomic E-state index is 12.5. The average molecular weight is 367 g/mol. The van der Waals surface area contributed by atoms with Gasteiger partial charge in [0.2, 0.25) is 0 Å². The number of rotatable bonds is 6. The van der Waals surface area contributed by atoms with Gasteiger partial charge in [-0.1, -0.05) is 32.4 Å². The quantitative estimate of drug-likeness (QED) is 0.808. The summed E-state index contributed by atoms with van der Waals surface area (Å²) in [5, 5.41) is 3.32. The molecular formula is C17H26ClF3N2O. The lowest BCUT2D eigenvalue weighted by Gasteiger charge is -2.38. The van der Waals surface area contributed by atoms with E-state index in [2.05, 4.69) is 28.8 Å². The topological polar surface area (TPSA) is 24.5 Å². The molecule has 1 unspecified atom stereocenters. The van der Waals surface area contributed by atoms with Crippen molar-refractivity contribution in [3.8, 4) is 5.75 Å². The van der Waals surface area contributed by atoms with Crippen LogP contribution in [-0.4, -0.2) is 37.4 Å². The van der Waals surface area contributed by atoms with Crippen LogP contribution in [-0.2, 0) is 0 Å². The summed E-state index contributed by atoms with van der Waals surface area (Å²) in [6.45, 7) is 7.94. The molecule has 1 fully saturated rings. The third-order valence-electron chi connectivity index (χ3n) is 4.26. The molecule has 0 aliphatic carbocycles. The monoisotopic (exact) mass is 366 g/mol. The zero-order chi connectivity index (χ0) is 16.9. The molecule has 0 saturated carbocycles. The summed E-state index contributed by atoms with van der Waals surface area (Å²) in [5.41, 5.74) is 0.898. The Balaban J connectivity index is 0.00000288. The molecule has 2 atom stereocenters. The molecule has 1 aliphatic heterocycles. The molecule has 1 aromatic carbocycles. The fourth-order valence-corrected chi connectivity index (χ4v) is 3.37. The van der Waals surface area contributed by atoms with Crippen LogP contribution in [0.4, 0.5) is 13.2 Å². The van der Waals surface area contributed by atoms with Crippen LogP contribution in [0, 0.1) is 5.92 Å². The molecule has 0 bridgehead atoms. The van der Waals surface area contributed by atoms with Crippen molar-refractivity contribution in [1.29, 1.82) is 0 Å². The van der Waals surface area contributed by atoms with Crippen LogP contribution in [0.25, 0.3) is 0 Å². The van der Waals surface area contributed by atoms with Gasteiger partial charge in [-0.05, 0) is 30.0 Å². The number of piperazine rings is 1.